The second kappa shape index (κ2) is 8.10. The van der Waals surface area contributed by atoms with Crippen molar-refractivity contribution in [2.24, 2.45) is 0 Å². The van der Waals surface area contributed by atoms with Crippen LogP contribution in [0.4, 0.5) is 13.2 Å². The van der Waals surface area contributed by atoms with E-state index < -0.39 is 20.6 Å². The summed E-state index contributed by atoms with van der Waals surface area (Å²) in [7, 11) is -4.21. The number of rotatable bonds is 7. The van der Waals surface area contributed by atoms with Crippen LogP contribution in [0.15, 0.2) is 36.4 Å². The molecule has 5 nitrogen and oxygen atoms in total. The SMILES string of the molecule is COCCOc1ccc(C2(OS(=O)(=O)C(F)(F)F)CCCS2)c2ccccc12. The van der Waals surface area contributed by atoms with E-state index in [0.29, 0.717) is 47.5 Å². The Morgan fingerprint density at radius 1 is 1.11 bits per heavy atom. The summed E-state index contributed by atoms with van der Waals surface area (Å²) in [6.07, 6.45) is 0.694. The van der Waals surface area contributed by atoms with Crippen molar-refractivity contribution >= 4 is 32.7 Å². The van der Waals surface area contributed by atoms with Gasteiger partial charge in [-0.1, -0.05) is 30.3 Å². The number of alkyl halides is 3. The van der Waals surface area contributed by atoms with Crippen LogP contribution in [0.2, 0.25) is 0 Å². The number of halogens is 3. The fourth-order valence-corrected chi connectivity index (χ4v) is 5.45. The molecular weight excluding hydrogens is 417 g/mol. The number of methoxy groups -OCH3 is 1. The van der Waals surface area contributed by atoms with Crippen molar-refractivity contribution in [3.05, 3.63) is 42.0 Å². The number of fused-ring (bicyclic) bond motifs is 1. The number of hydrogen-bond acceptors (Lipinski definition) is 6. The third-order valence-electron chi connectivity index (χ3n) is 4.35. The lowest BCUT2D eigenvalue weighted by Gasteiger charge is -2.30. The second-order valence-electron chi connectivity index (χ2n) is 6.19. The van der Waals surface area contributed by atoms with E-state index in [0.717, 1.165) is 11.8 Å². The number of hydrogen-bond donors (Lipinski definition) is 0. The first kappa shape index (κ1) is 21.2. The van der Waals surface area contributed by atoms with Crippen molar-refractivity contribution < 1.29 is 35.2 Å². The molecule has 0 amide bonds. The van der Waals surface area contributed by atoms with Gasteiger partial charge in [0.1, 0.15) is 12.4 Å². The fraction of sp³-hybridized carbons (Fsp3) is 0.444. The van der Waals surface area contributed by atoms with Gasteiger partial charge < -0.3 is 9.47 Å². The number of thioether (sulfide) groups is 1. The van der Waals surface area contributed by atoms with Gasteiger partial charge in [0.15, 0.2) is 4.93 Å². The molecule has 154 valence electrons. The Morgan fingerprint density at radius 3 is 2.43 bits per heavy atom. The minimum absolute atomic E-state index is 0.154. The average Bonchev–Trinajstić information content (AvgIpc) is 3.09. The maximum absolute atomic E-state index is 13.0. The topological polar surface area (TPSA) is 61.8 Å². The maximum Gasteiger partial charge on any atom is 0.523 e. The second-order valence-corrected chi connectivity index (χ2v) is 9.08. The molecule has 0 aromatic heterocycles. The zero-order chi connectivity index (χ0) is 20.4. The Labute approximate surface area is 165 Å². The lowest BCUT2D eigenvalue weighted by Crippen LogP contribution is -2.34. The van der Waals surface area contributed by atoms with E-state index in [1.54, 1.807) is 43.5 Å². The van der Waals surface area contributed by atoms with Crippen molar-refractivity contribution in [2.75, 3.05) is 26.1 Å². The summed E-state index contributed by atoms with van der Waals surface area (Å²) in [6.45, 7) is 0.682. The van der Waals surface area contributed by atoms with Gasteiger partial charge >= 0.3 is 15.6 Å². The van der Waals surface area contributed by atoms with Gasteiger partial charge in [0.2, 0.25) is 0 Å². The smallest absolute Gasteiger partial charge is 0.491 e. The third kappa shape index (κ3) is 4.10. The monoisotopic (exact) mass is 436 g/mol. The number of benzene rings is 2. The van der Waals surface area contributed by atoms with Crippen LogP contribution in [-0.2, 0) is 24.0 Å². The first-order valence-corrected chi connectivity index (χ1v) is 10.9. The molecule has 0 N–H and O–H groups in total. The first-order valence-electron chi connectivity index (χ1n) is 8.50. The van der Waals surface area contributed by atoms with E-state index in [2.05, 4.69) is 0 Å². The normalized spacial score (nSPS) is 20.6. The summed E-state index contributed by atoms with van der Waals surface area (Å²) in [5.74, 6) is 1.03. The van der Waals surface area contributed by atoms with Crippen LogP contribution >= 0.6 is 11.8 Å². The third-order valence-corrected chi connectivity index (χ3v) is 7.00. The van der Waals surface area contributed by atoms with Gasteiger partial charge in [-0.3, -0.25) is 0 Å². The molecule has 0 radical (unpaired) electrons. The van der Waals surface area contributed by atoms with E-state index in [4.69, 9.17) is 13.7 Å². The molecule has 1 saturated heterocycles. The first-order chi connectivity index (χ1) is 13.2. The van der Waals surface area contributed by atoms with Gasteiger partial charge in [0.25, 0.3) is 0 Å². The Morgan fingerprint density at radius 2 is 1.82 bits per heavy atom. The largest absolute Gasteiger partial charge is 0.523 e. The van der Waals surface area contributed by atoms with Gasteiger partial charge in [-0.25, -0.2) is 4.18 Å². The molecule has 1 atom stereocenters. The minimum Gasteiger partial charge on any atom is -0.491 e. The van der Waals surface area contributed by atoms with Gasteiger partial charge in [0, 0.05) is 18.1 Å². The van der Waals surface area contributed by atoms with E-state index in [9.17, 15) is 21.6 Å². The Bertz CT molecular complexity index is 938. The minimum atomic E-state index is -5.75. The fourth-order valence-electron chi connectivity index (χ4n) is 3.13. The lowest BCUT2D eigenvalue weighted by atomic mass is 9.97. The molecule has 3 rings (SSSR count). The summed E-state index contributed by atoms with van der Waals surface area (Å²) in [5, 5.41) is 1.25. The summed E-state index contributed by atoms with van der Waals surface area (Å²) in [4.78, 5) is -1.63. The predicted octanol–water partition coefficient (Wildman–Crippen LogP) is 4.41. The van der Waals surface area contributed by atoms with Gasteiger partial charge in [-0.2, -0.15) is 21.6 Å². The molecule has 28 heavy (non-hydrogen) atoms. The van der Waals surface area contributed by atoms with Crippen LogP contribution in [-0.4, -0.2) is 40.0 Å². The van der Waals surface area contributed by atoms with Crippen LogP contribution < -0.4 is 4.74 Å². The van der Waals surface area contributed by atoms with Gasteiger partial charge in [0.05, 0.1) is 6.61 Å². The average molecular weight is 436 g/mol. The van der Waals surface area contributed by atoms with Crippen molar-refractivity contribution in [1.82, 2.24) is 0 Å². The molecule has 1 fully saturated rings. The van der Waals surface area contributed by atoms with Crippen molar-refractivity contribution in [1.29, 1.82) is 0 Å². The standard InChI is InChI=1S/C18H19F3O5S2/c1-24-10-11-25-16-8-7-15(13-5-2-3-6-14(13)16)17(9-4-12-27-17)26-28(22,23)18(19,20)21/h2-3,5-8H,4,9-12H2,1H3. The molecule has 0 spiro atoms. The van der Waals surface area contributed by atoms with E-state index >= 15 is 0 Å². The van der Waals surface area contributed by atoms with E-state index in [1.165, 1.54) is 0 Å². The number of ether oxygens (including phenoxy) is 2. The molecule has 1 heterocycles. The highest BCUT2D eigenvalue weighted by molar-refractivity contribution is 8.01. The molecule has 0 saturated carbocycles. The zero-order valence-corrected chi connectivity index (χ0v) is 16.6. The van der Waals surface area contributed by atoms with Crippen molar-refractivity contribution in [3.63, 3.8) is 0 Å². The summed E-state index contributed by atoms with van der Waals surface area (Å²) in [5.41, 5.74) is -5.10. The quantitative estimate of drug-likeness (QED) is 0.364. The molecule has 2 aromatic rings. The summed E-state index contributed by atoms with van der Waals surface area (Å²) >= 11 is 1.07. The highest BCUT2D eigenvalue weighted by Crippen LogP contribution is 2.52. The Hall–Kier alpha value is -1.49. The molecule has 10 heteroatoms. The van der Waals surface area contributed by atoms with Crippen molar-refractivity contribution in [3.8, 4) is 5.75 Å². The Kier molecular flexibility index (Phi) is 6.14. The molecule has 1 aliphatic heterocycles. The molecule has 1 unspecified atom stereocenters. The molecule has 0 aliphatic carbocycles. The lowest BCUT2D eigenvalue weighted by molar-refractivity contribution is -0.0593. The Balaban J connectivity index is 2.09. The highest BCUT2D eigenvalue weighted by atomic mass is 32.2. The molecule has 2 aromatic carbocycles. The maximum atomic E-state index is 13.0. The summed E-state index contributed by atoms with van der Waals surface area (Å²) in [6, 6.07) is 10.2. The molecule has 0 bridgehead atoms. The van der Waals surface area contributed by atoms with Gasteiger partial charge in [-0.15, -0.1) is 11.8 Å². The summed E-state index contributed by atoms with van der Waals surface area (Å²) < 4.78 is 77.9. The van der Waals surface area contributed by atoms with Crippen LogP contribution in [0.1, 0.15) is 18.4 Å². The molecule has 1 aliphatic rings. The van der Waals surface area contributed by atoms with E-state index in [1.807, 2.05) is 0 Å². The van der Waals surface area contributed by atoms with Gasteiger partial charge in [-0.05, 0) is 30.0 Å². The molecular formula is C18H19F3O5S2. The van der Waals surface area contributed by atoms with Crippen LogP contribution in [0.3, 0.4) is 0 Å². The van der Waals surface area contributed by atoms with E-state index in [-0.39, 0.29) is 6.42 Å². The highest BCUT2D eigenvalue weighted by Gasteiger charge is 2.54. The van der Waals surface area contributed by atoms with Crippen LogP contribution in [0.5, 0.6) is 5.75 Å². The zero-order valence-electron chi connectivity index (χ0n) is 15.0. The predicted molar refractivity (Wildman–Crippen MR) is 101 cm³/mol. The van der Waals surface area contributed by atoms with Crippen molar-refractivity contribution in [2.45, 2.75) is 23.3 Å². The van der Waals surface area contributed by atoms with Crippen LogP contribution in [0.25, 0.3) is 10.8 Å². The van der Waals surface area contributed by atoms with Crippen LogP contribution in [0, 0.1) is 0 Å².